The Morgan fingerprint density at radius 1 is 1.41 bits per heavy atom. The van der Waals surface area contributed by atoms with Crippen molar-refractivity contribution in [2.75, 3.05) is 5.06 Å². The summed E-state index contributed by atoms with van der Waals surface area (Å²) >= 11 is 0. The second kappa shape index (κ2) is 5.69. The Kier molecular flexibility index (Phi) is 4.28. The van der Waals surface area contributed by atoms with Crippen LogP contribution < -0.4 is 5.06 Å². The molecule has 0 bridgehead atoms. The van der Waals surface area contributed by atoms with E-state index in [0.717, 1.165) is 11.1 Å². The van der Waals surface area contributed by atoms with Crippen LogP contribution in [0.4, 0.5) is 5.69 Å². The summed E-state index contributed by atoms with van der Waals surface area (Å²) in [5.74, 6) is -1.80. The van der Waals surface area contributed by atoms with Gasteiger partial charge in [0, 0.05) is 6.08 Å². The molecule has 5 nitrogen and oxygen atoms in total. The minimum absolute atomic E-state index is 0.484. The lowest BCUT2D eigenvalue weighted by Gasteiger charge is -2.25. The zero-order valence-corrected chi connectivity index (χ0v) is 9.37. The van der Waals surface area contributed by atoms with Crippen molar-refractivity contribution in [3.8, 4) is 0 Å². The third-order valence-electron chi connectivity index (χ3n) is 2.07. The van der Waals surface area contributed by atoms with Crippen LogP contribution in [0.3, 0.4) is 0 Å². The molecule has 0 heterocycles. The molecule has 1 N–H and O–H groups in total. The van der Waals surface area contributed by atoms with Gasteiger partial charge in [0.2, 0.25) is 0 Å². The summed E-state index contributed by atoms with van der Waals surface area (Å²) < 4.78 is 0. The fourth-order valence-electron chi connectivity index (χ4n) is 1.16. The smallest absolute Gasteiger partial charge is 0.355 e. The zero-order valence-electron chi connectivity index (χ0n) is 9.37. The van der Waals surface area contributed by atoms with Crippen LogP contribution in [0.2, 0.25) is 0 Å². The summed E-state index contributed by atoms with van der Waals surface area (Å²) in [7, 11) is 0. The van der Waals surface area contributed by atoms with Gasteiger partial charge in [-0.15, -0.1) is 0 Å². The van der Waals surface area contributed by atoms with Crippen LogP contribution in [0.1, 0.15) is 6.92 Å². The molecule has 0 fully saturated rings. The Labute approximate surface area is 98.9 Å². The molecular formula is C12H13NO4. The number of para-hydroxylation sites is 1. The minimum Gasteiger partial charge on any atom is -0.480 e. The van der Waals surface area contributed by atoms with Gasteiger partial charge in [-0.1, -0.05) is 24.8 Å². The topological polar surface area (TPSA) is 66.8 Å². The Bertz CT molecular complexity index is 416. The van der Waals surface area contributed by atoms with Crippen LogP contribution in [0.5, 0.6) is 0 Å². The first-order valence-electron chi connectivity index (χ1n) is 4.97. The molecule has 0 saturated carbocycles. The van der Waals surface area contributed by atoms with Crippen molar-refractivity contribution >= 4 is 17.6 Å². The van der Waals surface area contributed by atoms with E-state index < -0.39 is 18.0 Å². The quantitative estimate of drug-likeness (QED) is 0.620. The van der Waals surface area contributed by atoms with E-state index in [1.807, 2.05) is 0 Å². The maximum absolute atomic E-state index is 11.1. The average molecular weight is 235 g/mol. The molecule has 0 aliphatic heterocycles. The monoisotopic (exact) mass is 235 g/mol. The lowest BCUT2D eigenvalue weighted by Crippen LogP contribution is -2.40. The van der Waals surface area contributed by atoms with Gasteiger partial charge in [0.15, 0.2) is 6.04 Å². The van der Waals surface area contributed by atoms with Gasteiger partial charge in [0.1, 0.15) is 0 Å². The number of rotatable bonds is 5. The zero-order chi connectivity index (χ0) is 12.8. The molecule has 17 heavy (non-hydrogen) atoms. The van der Waals surface area contributed by atoms with E-state index >= 15 is 0 Å². The molecule has 1 rings (SSSR count). The van der Waals surface area contributed by atoms with Crippen molar-refractivity contribution in [3.05, 3.63) is 43.0 Å². The van der Waals surface area contributed by atoms with Gasteiger partial charge in [-0.3, -0.25) is 0 Å². The van der Waals surface area contributed by atoms with Gasteiger partial charge in [-0.2, -0.15) is 5.06 Å². The number of hydrogen-bond acceptors (Lipinski definition) is 4. The van der Waals surface area contributed by atoms with Crippen molar-refractivity contribution in [2.24, 2.45) is 0 Å². The summed E-state index contributed by atoms with van der Waals surface area (Å²) in [5, 5.41) is 9.97. The van der Waals surface area contributed by atoms with Gasteiger partial charge >= 0.3 is 11.9 Å². The second-order valence-electron chi connectivity index (χ2n) is 3.29. The number of hydrogen-bond donors (Lipinski definition) is 1. The number of carbonyl (C=O) groups is 2. The number of carboxylic acids is 1. The van der Waals surface area contributed by atoms with Gasteiger partial charge in [0.05, 0.1) is 5.69 Å². The fourth-order valence-corrected chi connectivity index (χ4v) is 1.16. The predicted octanol–water partition coefficient (Wildman–Crippen LogP) is 1.61. The van der Waals surface area contributed by atoms with E-state index in [1.165, 1.54) is 6.92 Å². The fraction of sp³-hybridized carbons (Fsp3) is 0.167. The molecular weight excluding hydrogens is 222 g/mol. The molecule has 1 unspecified atom stereocenters. The number of nitrogens with zero attached hydrogens (tertiary/aromatic N) is 1. The maximum atomic E-state index is 11.1. The molecule has 0 saturated heterocycles. The number of benzene rings is 1. The van der Waals surface area contributed by atoms with Gasteiger partial charge < -0.3 is 9.94 Å². The van der Waals surface area contributed by atoms with E-state index in [9.17, 15) is 9.59 Å². The van der Waals surface area contributed by atoms with Crippen LogP contribution in [0.25, 0.3) is 0 Å². The Balaban J connectivity index is 2.98. The molecule has 1 atom stereocenters. The van der Waals surface area contributed by atoms with Crippen LogP contribution >= 0.6 is 0 Å². The van der Waals surface area contributed by atoms with Gasteiger partial charge in [-0.05, 0) is 19.1 Å². The van der Waals surface area contributed by atoms with E-state index in [1.54, 1.807) is 30.3 Å². The third kappa shape index (κ3) is 3.34. The van der Waals surface area contributed by atoms with Crippen molar-refractivity contribution in [2.45, 2.75) is 13.0 Å². The largest absolute Gasteiger partial charge is 0.480 e. The molecule has 5 heteroatoms. The highest BCUT2D eigenvalue weighted by Crippen LogP contribution is 2.17. The first-order chi connectivity index (χ1) is 8.06. The first-order valence-corrected chi connectivity index (χ1v) is 4.97. The lowest BCUT2D eigenvalue weighted by molar-refractivity contribution is -0.146. The Morgan fingerprint density at radius 3 is 2.47 bits per heavy atom. The molecule has 0 spiro atoms. The lowest BCUT2D eigenvalue weighted by atomic mass is 10.2. The number of anilines is 1. The van der Waals surface area contributed by atoms with E-state index in [-0.39, 0.29) is 0 Å². The maximum Gasteiger partial charge on any atom is 0.355 e. The van der Waals surface area contributed by atoms with Crippen LogP contribution in [0, 0.1) is 0 Å². The van der Waals surface area contributed by atoms with Crippen molar-refractivity contribution in [3.63, 3.8) is 0 Å². The van der Waals surface area contributed by atoms with E-state index in [0.29, 0.717) is 5.69 Å². The highest BCUT2D eigenvalue weighted by molar-refractivity contribution is 5.84. The molecule has 0 aliphatic carbocycles. The summed E-state index contributed by atoms with van der Waals surface area (Å²) in [6.45, 7) is 4.69. The molecule has 1 aromatic carbocycles. The van der Waals surface area contributed by atoms with Gasteiger partial charge in [0.25, 0.3) is 0 Å². The number of hydroxylamine groups is 1. The van der Waals surface area contributed by atoms with Crippen molar-refractivity contribution in [1.29, 1.82) is 0 Å². The highest BCUT2D eigenvalue weighted by Gasteiger charge is 2.24. The van der Waals surface area contributed by atoms with Gasteiger partial charge in [-0.25, -0.2) is 9.59 Å². The molecule has 0 aromatic heterocycles. The normalized spacial score (nSPS) is 11.4. The van der Waals surface area contributed by atoms with Crippen LogP contribution in [-0.2, 0) is 14.4 Å². The van der Waals surface area contributed by atoms with Crippen LogP contribution in [-0.4, -0.2) is 23.1 Å². The molecule has 90 valence electrons. The first kappa shape index (κ1) is 12.8. The minimum atomic E-state index is -1.09. The molecule has 0 aliphatic rings. The highest BCUT2D eigenvalue weighted by atomic mass is 16.7. The Hall–Kier alpha value is -2.30. The number of carboxylic acid groups (broad SMARTS) is 1. The summed E-state index contributed by atoms with van der Waals surface area (Å²) in [6.07, 6.45) is 0.977. The SMILES string of the molecule is C=CC(=O)ON(c1ccccc1)C(C)C(=O)O. The van der Waals surface area contributed by atoms with E-state index in [2.05, 4.69) is 6.58 Å². The van der Waals surface area contributed by atoms with Crippen molar-refractivity contribution < 1.29 is 19.5 Å². The second-order valence-corrected chi connectivity index (χ2v) is 3.29. The average Bonchev–Trinajstić information content (AvgIpc) is 2.35. The molecule has 0 radical (unpaired) electrons. The number of aliphatic carboxylic acids is 1. The van der Waals surface area contributed by atoms with Crippen LogP contribution in [0.15, 0.2) is 43.0 Å². The number of carbonyl (C=O) groups excluding carboxylic acids is 1. The summed E-state index contributed by atoms with van der Waals surface area (Å²) in [6, 6.07) is 7.53. The molecule has 0 amide bonds. The third-order valence-corrected chi connectivity index (χ3v) is 2.07. The Morgan fingerprint density at radius 2 is 2.00 bits per heavy atom. The predicted molar refractivity (Wildman–Crippen MR) is 62.3 cm³/mol. The molecule has 1 aromatic rings. The summed E-state index contributed by atoms with van der Waals surface area (Å²) in [4.78, 5) is 27.0. The summed E-state index contributed by atoms with van der Waals surface area (Å²) in [5.41, 5.74) is 0.484. The van der Waals surface area contributed by atoms with E-state index in [4.69, 9.17) is 9.94 Å². The standard InChI is InChI=1S/C12H13NO4/c1-3-11(14)17-13(9(2)12(15)16)10-7-5-4-6-8-10/h3-9H,1H2,2H3,(H,15,16). The van der Waals surface area contributed by atoms with Crippen molar-refractivity contribution in [1.82, 2.24) is 0 Å².